The quantitative estimate of drug-likeness (QED) is 0.692. The summed E-state index contributed by atoms with van der Waals surface area (Å²) < 4.78 is 3.88. The van der Waals surface area contributed by atoms with E-state index in [-0.39, 0.29) is 6.03 Å². The van der Waals surface area contributed by atoms with Gasteiger partial charge < -0.3 is 14.8 Å². The Labute approximate surface area is 153 Å². The van der Waals surface area contributed by atoms with Gasteiger partial charge in [0.25, 0.3) is 0 Å². The maximum atomic E-state index is 12.5. The first-order valence-electron chi connectivity index (χ1n) is 8.66. The van der Waals surface area contributed by atoms with Gasteiger partial charge in [0.15, 0.2) is 0 Å². The Morgan fingerprint density at radius 2 is 2.23 bits per heavy atom. The van der Waals surface area contributed by atoms with Crippen LogP contribution >= 0.6 is 0 Å². The number of benzene rings is 1. The lowest BCUT2D eigenvalue weighted by Crippen LogP contribution is -2.30. The van der Waals surface area contributed by atoms with Crippen LogP contribution in [-0.4, -0.2) is 32.3 Å². The number of rotatable bonds is 6. The van der Waals surface area contributed by atoms with E-state index in [0.717, 1.165) is 29.7 Å². The predicted octanol–water partition coefficient (Wildman–Crippen LogP) is 3.54. The number of nitrogens with zero attached hydrogens (tertiary/aromatic N) is 4. The van der Waals surface area contributed by atoms with Crippen LogP contribution in [0.4, 0.5) is 10.5 Å². The Morgan fingerprint density at radius 1 is 1.38 bits per heavy atom. The molecule has 0 fully saturated rings. The molecule has 134 valence electrons. The average Bonchev–Trinajstić information content (AvgIpc) is 3.23. The summed E-state index contributed by atoms with van der Waals surface area (Å²) in [5.41, 5.74) is 2.85. The lowest BCUT2D eigenvalue weighted by atomic mass is 10.2. The van der Waals surface area contributed by atoms with E-state index in [2.05, 4.69) is 40.1 Å². The molecule has 0 aliphatic rings. The molecule has 2 aromatic heterocycles. The summed E-state index contributed by atoms with van der Waals surface area (Å²) in [5, 5.41) is 8.30. The van der Waals surface area contributed by atoms with Crippen molar-refractivity contribution in [3.05, 3.63) is 48.4 Å². The van der Waals surface area contributed by atoms with Gasteiger partial charge in [-0.1, -0.05) is 18.9 Å². The molecule has 1 aromatic carbocycles. The molecular weight excluding hydrogens is 326 g/mol. The smallest absolute Gasteiger partial charge is 0.321 e. The maximum absolute atomic E-state index is 12.5. The second-order valence-electron chi connectivity index (χ2n) is 6.32. The van der Waals surface area contributed by atoms with E-state index in [1.807, 2.05) is 24.4 Å². The van der Waals surface area contributed by atoms with E-state index < -0.39 is 0 Å². The summed E-state index contributed by atoms with van der Waals surface area (Å²) in [7, 11) is 1.76. The van der Waals surface area contributed by atoms with Gasteiger partial charge in [0, 0.05) is 37.2 Å². The van der Waals surface area contributed by atoms with Crippen molar-refractivity contribution in [2.75, 3.05) is 12.4 Å². The molecule has 0 aliphatic heterocycles. The first-order chi connectivity index (χ1) is 12.6. The summed E-state index contributed by atoms with van der Waals surface area (Å²) in [6.07, 6.45) is 12.0. The molecule has 6 heteroatoms. The molecule has 0 aliphatic carbocycles. The van der Waals surface area contributed by atoms with Crippen LogP contribution in [0.5, 0.6) is 0 Å². The Kier molecular flexibility index (Phi) is 5.28. The number of nitrogens with one attached hydrogen (secondary N) is 1. The van der Waals surface area contributed by atoms with Gasteiger partial charge in [-0.15, -0.1) is 6.42 Å². The van der Waals surface area contributed by atoms with Crippen LogP contribution in [0.2, 0.25) is 0 Å². The molecule has 6 nitrogen and oxygen atoms in total. The van der Waals surface area contributed by atoms with Gasteiger partial charge in [0.05, 0.1) is 18.3 Å². The van der Waals surface area contributed by atoms with Crippen LogP contribution in [-0.2, 0) is 19.6 Å². The fourth-order valence-electron chi connectivity index (χ4n) is 2.93. The molecule has 0 spiro atoms. The second kappa shape index (κ2) is 7.79. The second-order valence-corrected chi connectivity index (χ2v) is 6.32. The van der Waals surface area contributed by atoms with Gasteiger partial charge in [0.1, 0.15) is 6.54 Å². The van der Waals surface area contributed by atoms with Crippen LogP contribution in [0.3, 0.4) is 0 Å². The number of carbonyl (C=O) groups excluding carboxylic acids is 1. The average molecular weight is 349 g/mol. The summed E-state index contributed by atoms with van der Waals surface area (Å²) >= 11 is 0. The molecule has 2 heterocycles. The van der Waals surface area contributed by atoms with Crippen LogP contribution < -0.4 is 5.32 Å². The van der Waals surface area contributed by atoms with Crippen molar-refractivity contribution in [1.82, 2.24) is 19.2 Å². The minimum Gasteiger partial charge on any atom is -0.347 e. The maximum Gasteiger partial charge on any atom is 0.321 e. The third-order valence-electron chi connectivity index (χ3n) is 4.20. The minimum absolute atomic E-state index is 0.164. The normalized spacial score (nSPS) is 10.7. The molecule has 3 aromatic rings. The molecule has 3 rings (SSSR count). The molecular formula is C20H23N5O. The number of carbonyl (C=O) groups is 1. The number of terminal acetylenes is 1. The topological polar surface area (TPSA) is 55.1 Å². The number of fused-ring (bicyclic) bond motifs is 1. The Bertz CT molecular complexity index is 947. The van der Waals surface area contributed by atoms with E-state index in [1.165, 1.54) is 5.39 Å². The third kappa shape index (κ3) is 3.89. The highest BCUT2D eigenvalue weighted by Crippen LogP contribution is 2.21. The molecule has 0 saturated heterocycles. The van der Waals surface area contributed by atoms with Gasteiger partial charge in [-0.3, -0.25) is 4.68 Å². The predicted molar refractivity (Wildman–Crippen MR) is 104 cm³/mol. The Morgan fingerprint density at radius 3 is 3.00 bits per heavy atom. The highest BCUT2D eigenvalue weighted by Gasteiger charge is 2.11. The molecule has 1 N–H and O–H groups in total. The fourth-order valence-corrected chi connectivity index (χ4v) is 2.93. The molecule has 0 bridgehead atoms. The lowest BCUT2D eigenvalue weighted by Gasteiger charge is -2.17. The zero-order chi connectivity index (χ0) is 18.5. The minimum atomic E-state index is -0.164. The van der Waals surface area contributed by atoms with Crippen molar-refractivity contribution in [3.63, 3.8) is 0 Å². The molecule has 0 unspecified atom stereocenters. The first-order valence-corrected chi connectivity index (χ1v) is 8.66. The summed E-state index contributed by atoms with van der Waals surface area (Å²) in [5.74, 6) is 2.54. The van der Waals surface area contributed by atoms with E-state index in [0.29, 0.717) is 13.1 Å². The number of amides is 2. The van der Waals surface area contributed by atoms with Crippen LogP contribution in [0, 0.1) is 12.3 Å². The lowest BCUT2D eigenvalue weighted by molar-refractivity contribution is 0.220. The van der Waals surface area contributed by atoms with Gasteiger partial charge in [-0.25, -0.2) is 4.79 Å². The first kappa shape index (κ1) is 17.6. The molecule has 26 heavy (non-hydrogen) atoms. The summed E-state index contributed by atoms with van der Waals surface area (Å²) in [6.45, 7) is 4.00. The van der Waals surface area contributed by atoms with Gasteiger partial charge in [-0.2, -0.15) is 5.10 Å². The van der Waals surface area contributed by atoms with E-state index in [9.17, 15) is 4.79 Å². The number of hydrogen-bond donors (Lipinski definition) is 1. The third-order valence-corrected chi connectivity index (χ3v) is 4.20. The zero-order valence-electron chi connectivity index (χ0n) is 15.1. The zero-order valence-corrected chi connectivity index (χ0v) is 15.1. The Balaban J connectivity index is 1.67. The molecule has 2 amide bonds. The van der Waals surface area contributed by atoms with Crippen molar-refractivity contribution in [1.29, 1.82) is 0 Å². The number of aromatic nitrogens is 3. The number of hydrogen-bond acceptors (Lipinski definition) is 2. The highest BCUT2D eigenvalue weighted by atomic mass is 16.2. The van der Waals surface area contributed by atoms with Crippen molar-refractivity contribution >= 4 is 22.6 Å². The van der Waals surface area contributed by atoms with Gasteiger partial charge in [-0.05, 0) is 30.0 Å². The van der Waals surface area contributed by atoms with Crippen molar-refractivity contribution in [2.24, 2.45) is 0 Å². The molecule has 0 radical (unpaired) electrons. The largest absolute Gasteiger partial charge is 0.347 e. The molecule has 0 atom stereocenters. The fraction of sp³-hybridized carbons (Fsp3) is 0.300. The van der Waals surface area contributed by atoms with Crippen LogP contribution in [0.25, 0.3) is 10.9 Å². The van der Waals surface area contributed by atoms with E-state index in [1.54, 1.807) is 22.8 Å². The summed E-state index contributed by atoms with van der Waals surface area (Å²) in [6, 6.07) is 7.90. The van der Waals surface area contributed by atoms with Crippen molar-refractivity contribution in [2.45, 2.75) is 33.0 Å². The summed E-state index contributed by atoms with van der Waals surface area (Å²) in [4.78, 5) is 14.1. The monoisotopic (exact) mass is 349 g/mol. The number of aryl methyl sites for hydroxylation is 1. The van der Waals surface area contributed by atoms with Crippen LogP contribution in [0.15, 0.2) is 42.9 Å². The van der Waals surface area contributed by atoms with E-state index >= 15 is 0 Å². The number of urea groups is 1. The van der Waals surface area contributed by atoms with E-state index in [4.69, 9.17) is 6.42 Å². The molecule has 0 saturated carbocycles. The SMILES string of the molecule is C#CCn1cc(CN(C)C(=O)Nc2ccc3ccn(CCC)c3c2)cn1. The standard InChI is InChI=1S/C20H23N5O/c1-4-9-24-11-8-17-6-7-18(12-19(17)24)22-20(26)23(3)14-16-13-21-25(15-16)10-5-2/h2,6-8,11-13,15H,4,9-10,14H2,1,3H3,(H,22,26). The highest BCUT2D eigenvalue weighted by molar-refractivity contribution is 5.92. The number of anilines is 1. The van der Waals surface area contributed by atoms with Crippen molar-refractivity contribution in [3.8, 4) is 12.3 Å². The van der Waals surface area contributed by atoms with Crippen LogP contribution in [0.1, 0.15) is 18.9 Å². The van der Waals surface area contributed by atoms with Crippen molar-refractivity contribution < 1.29 is 4.79 Å². The Hall–Kier alpha value is -3.20. The van der Waals surface area contributed by atoms with Gasteiger partial charge >= 0.3 is 6.03 Å². The van der Waals surface area contributed by atoms with Gasteiger partial charge in [0.2, 0.25) is 0 Å².